The maximum Gasteiger partial charge on any atom is 0.278 e. The van der Waals surface area contributed by atoms with Gasteiger partial charge >= 0.3 is 0 Å². The molecule has 0 saturated carbocycles. The van der Waals surface area contributed by atoms with Gasteiger partial charge in [0.1, 0.15) is 11.5 Å². The van der Waals surface area contributed by atoms with Crippen LogP contribution in [0, 0.1) is 6.92 Å². The summed E-state index contributed by atoms with van der Waals surface area (Å²) >= 11 is 1.49. The highest BCUT2D eigenvalue weighted by Crippen LogP contribution is 2.26. The van der Waals surface area contributed by atoms with Gasteiger partial charge in [-0.05, 0) is 31.2 Å². The van der Waals surface area contributed by atoms with E-state index in [0.29, 0.717) is 5.19 Å². The van der Waals surface area contributed by atoms with Crippen molar-refractivity contribution >= 4 is 11.3 Å². The maximum atomic E-state index is 5.55. The molecular formula is C11H11NO2S. The minimum absolute atomic E-state index is 0.665. The molecule has 3 nitrogen and oxygen atoms in total. The molecule has 0 bridgehead atoms. The topological polar surface area (TPSA) is 31.4 Å². The van der Waals surface area contributed by atoms with Crippen LogP contribution in [-0.2, 0) is 0 Å². The van der Waals surface area contributed by atoms with E-state index in [2.05, 4.69) is 4.98 Å². The molecule has 0 aliphatic heterocycles. The van der Waals surface area contributed by atoms with Gasteiger partial charge in [0.25, 0.3) is 5.19 Å². The number of hydrogen-bond donors (Lipinski definition) is 0. The smallest absolute Gasteiger partial charge is 0.278 e. The molecule has 1 aromatic heterocycles. The maximum absolute atomic E-state index is 5.55. The van der Waals surface area contributed by atoms with E-state index in [1.54, 1.807) is 7.11 Å². The van der Waals surface area contributed by atoms with Crippen molar-refractivity contribution in [2.45, 2.75) is 6.92 Å². The number of thiazole rings is 1. The highest BCUT2D eigenvalue weighted by molar-refractivity contribution is 7.11. The summed E-state index contributed by atoms with van der Waals surface area (Å²) in [5.74, 6) is 1.59. The van der Waals surface area contributed by atoms with Gasteiger partial charge in [0.05, 0.1) is 12.8 Å². The third-order valence-corrected chi connectivity index (χ3v) is 2.70. The number of aromatic nitrogens is 1. The highest BCUT2D eigenvalue weighted by atomic mass is 32.1. The molecule has 0 aliphatic carbocycles. The lowest BCUT2D eigenvalue weighted by molar-refractivity contribution is 0.412. The first-order valence-corrected chi connectivity index (χ1v) is 5.40. The number of methoxy groups -OCH3 is 1. The summed E-state index contributed by atoms with van der Waals surface area (Å²) in [7, 11) is 1.64. The normalized spacial score (nSPS) is 10.0. The van der Waals surface area contributed by atoms with E-state index in [-0.39, 0.29) is 0 Å². The van der Waals surface area contributed by atoms with Crippen molar-refractivity contribution in [1.29, 1.82) is 0 Å². The monoisotopic (exact) mass is 221 g/mol. The molecule has 0 unspecified atom stereocenters. The largest absolute Gasteiger partial charge is 0.497 e. The molecule has 2 aromatic rings. The molecule has 0 saturated heterocycles. The molecule has 1 aromatic carbocycles. The Labute approximate surface area is 92.3 Å². The van der Waals surface area contributed by atoms with Gasteiger partial charge in [-0.2, -0.15) is 0 Å². The van der Waals surface area contributed by atoms with Crippen molar-refractivity contribution in [3.63, 3.8) is 0 Å². The quantitative estimate of drug-likeness (QED) is 0.797. The van der Waals surface area contributed by atoms with Crippen molar-refractivity contribution < 1.29 is 9.47 Å². The molecule has 78 valence electrons. The van der Waals surface area contributed by atoms with Crippen LogP contribution in [0.2, 0.25) is 0 Å². The summed E-state index contributed by atoms with van der Waals surface area (Å²) in [6.45, 7) is 1.94. The van der Waals surface area contributed by atoms with Gasteiger partial charge in [-0.3, -0.25) is 0 Å². The van der Waals surface area contributed by atoms with Gasteiger partial charge in [0, 0.05) is 5.38 Å². The van der Waals surface area contributed by atoms with Crippen LogP contribution in [-0.4, -0.2) is 12.1 Å². The van der Waals surface area contributed by atoms with Crippen LogP contribution in [0.4, 0.5) is 0 Å². The average molecular weight is 221 g/mol. The lowest BCUT2D eigenvalue weighted by Crippen LogP contribution is -1.85. The van der Waals surface area contributed by atoms with Crippen LogP contribution in [0.25, 0.3) is 0 Å². The fourth-order valence-electron chi connectivity index (χ4n) is 1.12. The minimum Gasteiger partial charge on any atom is -0.497 e. The van der Waals surface area contributed by atoms with E-state index in [1.807, 2.05) is 36.6 Å². The van der Waals surface area contributed by atoms with Crippen molar-refractivity contribution in [2.24, 2.45) is 0 Å². The number of nitrogens with zero attached hydrogens (tertiary/aromatic N) is 1. The van der Waals surface area contributed by atoms with E-state index in [0.717, 1.165) is 17.2 Å². The Bertz CT molecular complexity index is 436. The Morgan fingerprint density at radius 1 is 1.13 bits per heavy atom. The number of hydrogen-bond acceptors (Lipinski definition) is 4. The Morgan fingerprint density at radius 3 is 2.33 bits per heavy atom. The van der Waals surface area contributed by atoms with Crippen LogP contribution in [0.5, 0.6) is 16.7 Å². The zero-order valence-electron chi connectivity index (χ0n) is 8.56. The summed E-state index contributed by atoms with van der Waals surface area (Å²) in [6.07, 6.45) is 0. The van der Waals surface area contributed by atoms with Crippen molar-refractivity contribution in [3.05, 3.63) is 35.3 Å². The molecule has 0 radical (unpaired) electrons. The number of aryl methyl sites for hydroxylation is 1. The van der Waals surface area contributed by atoms with Crippen LogP contribution in [0.15, 0.2) is 29.6 Å². The van der Waals surface area contributed by atoms with Crippen LogP contribution >= 0.6 is 11.3 Å². The van der Waals surface area contributed by atoms with Gasteiger partial charge < -0.3 is 9.47 Å². The van der Waals surface area contributed by atoms with E-state index in [9.17, 15) is 0 Å². The van der Waals surface area contributed by atoms with E-state index >= 15 is 0 Å². The first-order valence-electron chi connectivity index (χ1n) is 4.52. The van der Waals surface area contributed by atoms with Crippen LogP contribution < -0.4 is 9.47 Å². The molecule has 0 atom stereocenters. The number of benzene rings is 1. The Kier molecular flexibility index (Phi) is 2.87. The second kappa shape index (κ2) is 4.31. The van der Waals surface area contributed by atoms with Gasteiger partial charge in [-0.1, -0.05) is 11.3 Å². The molecule has 0 spiro atoms. The average Bonchev–Trinajstić information content (AvgIpc) is 2.65. The zero-order chi connectivity index (χ0) is 10.7. The minimum atomic E-state index is 0.665. The van der Waals surface area contributed by atoms with Gasteiger partial charge in [0.15, 0.2) is 0 Å². The SMILES string of the molecule is COc1ccc(Oc2nc(C)cs2)cc1. The van der Waals surface area contributed by atoms with Gasteiger partial charge in [-0.25, -0.2) is 4.98 Å². The molecular weight excluding hydrogens is 210 g/mol. The van der Waals surface area contributed by atoms with Crippen molar-refractivity contribution in [3.8, 4) is 16.7 Å². The highest BCUT2D eigenvalue weighted by Gasteiger charge is 2.01. The second-order valence-corrected chi connectivity index (χ2v) is 3.85. The third kappa shape index (κ3) is 2.47. The summed E-state index contributed by atoms with van der Waals surface area (Å²) in [5.41, 5.74) is 0.975. The van der Waals surface area contributed by atoms with Crippen LogP contribution in [0.3, 0.4) is 0 Å². The Balaban J connectivity index is 2.11. The fourth-order valence-corrected chi connectivity index (χ4v) is 1.79. The number of rotatable bonds is 3. The number of ether oxygens (including phenoxy) is 2. The van der Waals surface area contributed by atoms with Gasteiger partial charge in [-0.15, -0.1) is 0 Å². The van der Waals surface area contributed by atoms with Crippen LogP contribution in [0.1, 0.15) is 5.69 Å². The summed E-state index contributed by atoms with van der Waals surface area (Å²) in [5, 5.41) is 2.62. The molecule has 15 heavy (non-hydrogen) atoms. The second-order valence-electron chi connectivity index (χ2n) is 3.03. The van der Waals surface area contributed by atoms with Gasteiger partial charge in [0.2, 0.25) is 0 Å². The summed E-state index contributed by atoms with van der Waals surface area (Å²) < 4.78 is 10.6. The fraction of sp³-hybridized carbons (Fsp3) is 0.182. The van der Waals surface area contributed by atoms with E-state index in [4.69, 9.17) is 9.47 Å². The molecule has 0 aliphatic rings. The third-order valence-electron chi connectivity index (χ3n) is 1.86. The first-order chi connectivity index (χ1) is 7.28. The molecule has 0 N–H and O–H groups in total. The summed E-state index contributed by atoms with van der Waals surface area (Å²) in [4.78, 5) is 4.21. The standard InChI is InChI=1S/C11H11NO2S/c1-8-7-15-11(12-8)14-10-5-3-9(13-2)4-6-10/h3-7H,1-2H3. The Hall–Kier alpha value is -1.55. The predicted octanol–water partition coefficient (Wildman–Crippen LogP) is 3.25. The predicted molar refractivity (Wildman–Crippen MR) is 59.9 cm³/mol. The van der Waals surface area contributed by atoms with Crippen molar-refractivity contribution in [1.82, 2.24) is 4.98 Å². The molecule has 0 amide bonds. The lowest BCUT2D eigenvalue weighted by Gasteiger charge is -2.02. The zero-order valence-corrected chi connectivity index (χ0v) is 9.38. The van der Waals surface area contributed by atoms with E-state index in [1.165, 1.54) is 11.3 Å². The van der Waals surface area contributed by atoms with E-state index < -0.39 is 0 Å². The lowest BCUT2D eigenvalue weighted by atomic mass is 10.3. The molecule has 0 fully saturated rings. The molecule has 1 heterocycles. The van der Waals surface area contributed by atoms with Crippen molar-refractivity contribution in [2.75, 3.05) is 7.11 Å². The first kappa shape index (κ1) is 9.98. The molecule has 4 heteroatoms. The summed E-state index contributed by atoms with van der Waals surface area (Å²) in [6, 6.07) is 7.43. The molecule has 2 rings (SSSR count). The Morgan fingerprint density at radius 2 is 1.80 bits per heavy atom.